The lowest BCUT2D eigenvalue weighted by Crippen LogP contribution is -2.26. The summed E-state index contributed by atoms with van der Waals surface area (Å²) in [5, 5.41) is 1.64. The second-order valence-electron chi connectivity index (χ2n) is 5.48. The number of sulfonamides is 1. The summed E-state index contributed by atoms with van der Waals surface area (Å²) >= 11 is 0. The fourth-order valence-corrected chi connectivity index (χ4v) is 3.92. The van der Waals surface area contributed by atoms with Gasteiger partial charge in [-0.2, -0.15) is 0 Å². The average molecular weight is 341 g/mol. The normalized spacial score (nSPS) is 11.5. The van der Waals surface area contributed by atoms with Gasteiger partial charge in [0.05, 0.1) is 12.0 Å². The van der Waals surface area contributed by atoms with Crippen LogP contribution in [0, 0.1) is 0 Å². The van der Waals surface area contributed by atoms with E-state index in [4.69, 9.17) is 4.74 Å². The van der Waals surface area contributed by atoms with Crippen molar-refractivity contribution in [2.24, 2.45) is 0 Å². The van der Waals surface area contributed by atoms with E-state index in [9.17, 15) is 8.42 Å². The topological polar surface area (TPSA) is 55.4 Å². The van der Waals surface area contributed by atoms with Gasteiger partial charge in [-0.3, -0.25) is 0 Å². The van der Waals surface area contributed by atoms with Crippen LogP contribution in [-0.2, 0) is 16.4 Å². The van der Waals surface area contributed by atoms with Gasteiger partial charge in [-0.1, -0.05) is 48.5 Å². The van der Waals surface area contributed by atoms with Crippen LogP contribution in [0.5, 0.6) is 5.75 Å². The Kier molecular flexibility index (Phi) is 4.83. The summed E-state index contributed by atoms with van der Waals surface area (Å²) in [6.07, 6.45) is 0.598. The summed E-state index contributed by atoms with van der Waals surface area (Å²) in [7, 11) is -1.94. The minimum absolute atomic E-state index is 0.311. The zero-order valence-electron chi connectivity index (χ0n) is 13.4. The molecule has 0 spiro atoms. The Balaban J connectivity index is 1.76. The first-order valence-corrected chi connectivity index (χ1v) is 9.19. The number of ether oxygens (including phenoxy) is 1. The number of hydrogen-bond acceptors (Lipinski definition) is 3. The highest BCUT2D eigenvalue weighted by Crippen LogP contribution is 2.22. The van der Waals surface area contributed by atoms with E-state index in [0.29, 0.717) is 17.9 Å². The van der Waals surface area contributed by atoms with Crippen LogP contribution in [0.25, 0.3) is 10.8 Å². The van der Waals surface area contributed by atoms with E-state index in [1.54, 1.807) is 19.2 Å². The summed E-state index contributed by atoms with van der Waals surface area (Å²) in [5.74, 6) is 0.768. The smallest absolute Gasteiger partial charge is 0.241 e. The number of methoxy groups -OCH3 is 1. The van der Waals surface area contributed by atoms with Crippen molar-refractivity contribution in [1.29, 1.82) is 0 Å². The Bertz CT molecular complexity index is 946. The van der Waals surface area contributed by atoms with Gasteiger partial charge >= 0.3 is 0 Å². The molecule has 3 aromatic carbocycles. The van der Waals surface area contributed by atoms with Gasteiger partial charge in [-0.15, -0.1) is 0 Å². The van der Waals surface area contributed by atoms with Crippen molar-refractivity contribution in [1.82, 2.24) is 4.72 Å². The Morgan fingerprint density at radius 2 is 1.71 bits per heavy atom. The van der Waals surface area contributed by atoms with Crippen LogP contribution in [0.2, 0.25) is 0 Å². The average Bonchev–Trinajstić information content (AvgIpc) is 2.61. The van der Waals surface area contributed by atoms with Gasteiger partial charge in [0.2, 0.25) is 10.0 Å². The van der Waals surface area contributed by atoms with Crippen molar-refractivity contribution in [2.45, 2.75) is 11.3 Å². The first-order valence-electron chi connectivity index (χ1n) is 7.70. The van der Waals surface area contributed by atoms with Crippen LogP contribution in [0.1, 0.15) is 5.56 Å². The van der Waals surface area contributed by atoms with Crippen molar-refractivity contribution in [3.63, 3.8) is 0 Å². The molecule has 0 aliphatic heterocycles. The molecule has 3 aromatic rings. The quantitative estimate of drug-likeness (QED) is 0.748. The molecule has 0 heterocycles. The van der Waals surface area contributed by atoms with Gasteiger partial charge in [0.1, 0.15) is 5.75 Å². The molecule has 0 atom stereocenters. The molecule has 0 saturated heterocycles. The molecule has 0 unspecified atom stereocenters. The van der Waals surface area contributed by atoms with Gasteiger partial charge in [0.25, 0.3) is 0 Å². The van der Waals surface area contributed by atoms with Crippen molar-refractivity contribution in [3.8, 4) is 5.75 Å². The summed E-state index contributed by atoms with van der Waals surface area (Å²) in [6.45, 7) is 0.332. The van der Waals surface area contributed by atoms with E-state index in [1.807, 2.05) is 54.6 Å². The Labute approximate surface area is 142 Å². The lowest BCUT2D eigenvalue weighted by Gasteiger charge is -2.10. The molecule has 3 rings (SSSR count). The summed E-state index contributed by atoms with van der Waals surface area (Å²) < 4.78 is 33.1. The minimum Gasteiger partial charge on any atom is -0.497 e. The third-order valence-electron chi connectivity index (χ3n) is 3.88. The molecule has 0 bridgehead atoms. The Hall–Kier alpha value is -2.37. The third-order valence-corrected chi connectivity index (χ3v) is 5.40. The fourth-order valence-electron chi connectivity index (χ4n) is 2.67. The van der Waals surface area contributed by atoms with E-state index < -0.39 is 10.0 Å². The summed E-state index contributed by atoms with van der Waals surface area (Å²) in [5.41, 5.74) is 1.02. The molecule has 0 radical (unpaired) electrons. The highest BCUT2D eigenvalue weighted by atomic mass is 32.2. The van der Waals surface area contributed by atoms with E-state index in [-0.39, 0.29) is 0 Å². The van der Waals surface area contributed by atoms with E-state index in [1.165, 1.54) is 0 Å². The molecule has 1 N–H and O–H groups in total. The molecule has 0 aliphatic carbocycles. The number of fused-ring (bicyclic) bond motifs is 1. The third kappa shape index (κ3) is 3.58. The molecule has 0 aromatic heterocycles. The van der Waals surface area contributed by atoms with Crippen LogP contribution in [-0.4, -0.2) is 22.1 Å². The number of rotatable bonds is 6. The zero-order chi connectivity index (χ0) is 17.0. The van der Waals surface area contributed by atoms with Gasteiger partial charge in [-0.05, 0) is 35.6 Å². The largest absolute Gasteiger partial charge is 0.497 e. The maximum atomic E-state index is 12.6. The highest BCUT2D eigenvalue weighted by Gasteiger charge is 2.16. The monoisotopic (exact) mass is 341 g/mol. The lowest BCUT2D eigenvalue weighted by atomic mass is 10.1. The molecular formula is C19H19NO3S. The van der Waals surface area contributed by atoms with Gasteiger partial charge in [0, 0.05) is 11.9 Å². The van der Waals surface area contributed by atoms with Crippen molar-refractivity contribution >= 4 is 20.8 Å². The molecule has 0 aliphatic rings. The minimum atomic E-state index is -3.55. The van der Waals surface area contributed by atoms with E-state index in [2.05, 4.69) is 4.72 Å². The lowest BCUT2D eigenvalue weighted by molar-refractivity contribution is 0.414. The van der Waals surface area contributed by atoms with E-state index in [0.717, 1.165) is 22.1 Å². The number of hydrogen-bond donors (Lipinski definition) is 1. The molecule has 0 amide bonds. The standard InChI is InChI=1S/C19H19NO3S/c1-23-17-9-4-6-15(14-17)12-13-20-24(21,22)19-11-5-8-16-7-2-3-10-18(16)19/h2-11,14,20H,12-13H2,1H3. The predicted molar refractivity (Wildman–Crippen MR) is 95.8 cm³/mol. The highest BCUT2D eigenvalue weighted by molar-refractivity contribution is 7.89. The first-order chi connectivity index (χ1) is 11.6. The SMILES string of the molecule is COc1cccc(CCNS(=O)(=O)c2cccc3ccccc23)c1. The molecule has 0 saturated carbocycles. The molecule has 124 valence electrons. The Morgan fingerprint density at radius 1 is 0.958 bits per heavy atom. The van der Waals surface area contributed by atoms with Crippen LogP contribution in [0.3, 0.4) is 0 Å². The van der Waals surface area contributed by atoms with Crippen LogP contribution in [0.15, 0.2) is 71.6 Å². The van der Waals surface area contributed by atoms with Crippen molar-refractivity contribution < 1.29 is 13.2 Å². The van der Waals surface area contributed by atoms with Crippen LogP contribution < -0.4 is 9.46 Å². The van der Waals surface area contributed by atoms with Crippen LogP contribution >= 0.6 is 0 Å². The summed E-state index contributed by atoms with van der Waals surface area (Å²) in [6, 6.07) is 20.4. The number of benzene rings is 3. The summed E-state index contributed by atoms with van der Waals surface area (Å²) in [4.78, 5) is 0.311. The number of nitrogens with one attached hydrogen (secondary N) is 1. The maximum absolute atomic E-state index is 12.6. The van der Waals surface area contributed by atoms with Crippen molar-refractivity contribution in [3.05, 3.63) is 72.3 Å². The van der Waals surface area contributed by atoms with Gasteiger partial charge in [0.15, 0.2) is 0 Å². The molecule has 4 nitrogen and oxygen atoms in total. The molecule has 5 heteroatoms. The van der Waals surface area contributed by atoms with Crippen LogP contribution in [0.4, 0.5) is 0 Å². The predicted octanol–water partition coefficient (Wildman–Crippen LogP) is 3.37. The van der Waals surface area contributed by atoms with Crippen molar-refractivity contribution in [2.75, 3.05) is 13.7 Å². The molecule has 0 fully saturated rings. The molecular weight excluding hydrogens is 322 g/mol. The fraction of sp³-hybridized carbons (Fsp3) is 0.158. The zero-order valence-corrected chi connectivity index (χ0v) is 14.2. The van der Waals surface area contributed by atoms with E-state index >= 15 is 0 Å². The first kappa shape index (κ1) is 16.5. The second kappa shape index (κ2) is 7.03. The maximum Gasteiger partial charge on any atom is 0.241 e. The Morgan fingerprint density at radius 3 is 2.54 bits per heavy atom. The van der Waals surface area contributed by atoms with Gasteiger partial charge < -0.3 is 4.74 Å². The second-order valence-corrected chi connectivity index (χ2v) is 7.21. The molecule has 24 heavy (non-hydrogen) atoms. The van der Waals surface area contributed by atoms with Gasteiger partial charge in [-0.25, -0.2) is 13.1 Å².